The predicted molar refractivity (Wildman–Crippen MR) is 108 cm³/mol. The van der Waals surface area contributed by atoms with E-state index < -0.39 is 12.1 Å². The molecule has 2 N–H and O–H groups in total. The Kier molecular flexibility index (Phi) is 5.51. The minimum absolute atomic E-state index is 0.00762. The molecule has 3 unspecified atom stereocenters. The molecule has 2 bridgehead atoms. The summed E-state index contributed by atoms with van der Waals surface area (Å²) in [4.78, 5) is 31.3. The first-order chi connectivity index (χ1) is 14.3. The van der Waals surface area contributed by atoms with Crippen molar-refractivity contribution in [2.75, 3.05) is 13.1 Å². The normalized spacial score (nSPS) is 32.0. The number of rotatable bonds is 5. The number of likely N-dealkylation sites (tertiary alicyclic amines) is 3. The summed E-state index contributed by atoms with van der Waals surface area (Å²) in [6.07, 6.45) is 1.37. The molecule has 0 spiro atoms. The molecule has 3 aliphatic heterocycles. The summed E-state index contributed by atoms with van der Waals surface area (Å²) in [5, 5.41) is 9.41. The van der Waals surface area contributed by atoms with Crippen LogP contribution in [0.25, 0.3) is 0 Å². The molecule has 3 aliphatic rings. The van der Waals surface area contributed by atoms with E-state index in [1.807, 2.05) is 24.8 Å². The third kappa shape index (κ3) is 3.57. The van der Waals surface area contributed by atoms with Crippen molar-refractivity contribution in [3.63, 3.8) is 0 Å². The fraction of sp³-hybridized carbons (Fsp3) is 0.591. The van der Waals surface area contributed by atoms with Crippen molar-refractivity contribution in [2.45, 2.75) is 63.4 Å². The molecule has 3 heterocycles. The van der Waals surface area contributed by atoms with E-state index in [0.29, 0.717) is 32.5 Å². The van der Waals surface area contributed by atoms with Gasteiger partial charge in [0.05, 0.1) is 18.2 Å². The molecule has 1 aromatic carbocycles. The third-order valence-corrected chi connectivity index (χ3v) is 6.98. The Balaban J connectivity index is 1.38. The number of benzene rings is 1. The summed E-state index contributed by atoms with van der Waals surface area (Å²) in [6.45, 7) is 5.34. The van der Waals surface area contributed by atoms with Gasteiger partial charge in [-0.3, -0.25) is 14.5 Å². The summed E-state index contributed by atoms with van der Waals surface area (Å²) >= 11 is 0. The zero-order valence-electron chi connectivity index (χ0n) is 17.4. The SMILES string of the molecule is CC1[C@@H](C)CC(C#N)N1C(=O)C(N)CN1C[C@@H]2C[C@H]1C(=O)N2Cc1cccc(F)c1. The first-order valence-corrected chi connectivity index (χ1v) is 10.6. The first-order valence-electron chi connectivity index (χ1n) is 10.6. The molecule has 8 heteroatoms. The summed E-state index contributed by atoms with van der Waals surface area (Å²) in [5.74, 6) is -0.262. The largest absolute Gasteiger partial charge is 0.333 e. The van der Waals surface area contributed by atoms with E-state index in [2.05, 4.69) is 6.07 Å². The van der Waals surface area contributed by atoms with Crippen LogP contribution in [0.4, 0.5) is 4.39 Å². The number of piperazine rings is 1. The van der Waals surface area contributed by atoms with Gasteiger partial charge in [-0.2, -0.15) is 5.26 Å². The number of fused-ring (bicyclic) bond motifs is 2. The van der Waals surface area contributed by atoms with Crippen LogP contribution in [0.2, 0.25) is 0 Å². The highest BCUT2D eigenvalue weighted by atomic mass is 19.1. The lowest BCUT2D eigenvalue weighted by molar-refractivity contribution is -0.140. The standard InChI is InChI=1S/C22H28FN5O2/c1-13-6-17(9-24)28(14(13)2)21(29)19(25)12-26-11-18-8-20(26)22(30)27(18)10-15-4-3-5-16(23)7-15/h3-5,7,13-14,17-20H,6,8,10-12,25H2,1-2H3/t13-,14?,17?,18-,19?,20-/m0/s1. The van der Waals surface area contributed by atoms with E-state index in [1.165, 1.54) is 12.1 Å². The molecule has 1 aromatic rings. The molecule has 160 valence electrons. The van der Waals surface area contributed by atoms with Gasteiger partial charge < -0.3 is 15.5 Å². The van der Waals surface area contributed by atoms with E-state index >= 15 is 0 Å². The maximum atomic E-state index is 13.5. The molecule has 3 fully saturated rings. The molecule has 4 rings (SSSR count). The van der Waals surface area contributed by atoms with Crippen LogP contribution >= 0.6 is 0 Å². The number of carbonyl (C=O) groups is 2. The van der Waals surface area contributed by atoms with Gasteiger partial charge in [0.1, 0.15) is 11.9 Å². The van der Waals surface area contributed by atoms with Crippen LogP contribution in [0.5, 0.6) is 0 Å². The Hall–Kier alpha value is -2.50. The van der Waals surface area contributed by atoms with Gasteiger partial charge in [-0.1, -0.05) is 19.1 Å². The van der Waals surface area contributed by atoms with Crippen molar-refractivity contribution in [1.82, 2.24) is 14.7 Å². The van der Waals surface area contributed by atoms with E-state index in [0.717, 1.165) is 5.56 Å². The van der Waals surface area contributed by atoms with E-state index in [4.69, 9.17) is 5.73 Å². The number of nitrogens with two attached hydrogens (primary N) is 1. The highest BCUT2D eigenvalue weighted by Gasteiger charge is 2.50. The number of nitriles is 1. The molecular formula is C22H28FN5O2. The van der Waals surface area contributed by atoms with Gasteiger partial charge >= 0.3 is 0 Å². The number of hydrogen-bond acceptors (Lipinski definition) is 5. The third-order valence-electron chi connectivity index (χ3n) is 6.98. The highest BCUT2D eigenvalue weighted by Crippen LogP contribution is 2.34. The van der Waals surface area contributed by atoms with Gasteiger partial charge in [0.25, 0.3) is 0 Å². The average Bonchev–Trinajstić information content (AvgIpc) is 3.34. The molecule has 7 nitrogen and oxygen atoms in total. The molecule has 0 saturated carbocycles. The van der Waals surface area contributed by atoms with Crippen molar-refractivity contribution in [2.24, 2.45) is 11.7 Å². The second-order valence-corrected chi connectivity index (χ2v) is 8.91. The van der Waals surface area contributed by atoms with Crippen molar-refractivity contribution in [3.05, 3.63) is 35.6 Å². The van der Waals surface area contributed by atoms with Crippen LogP contribution in [0, 0.1) is 23.1 Å². The summed E-state index contributed by atoms with van der Waals surface area (Å²) in [7, 11) is 0. The number of nitrogens with zero attached hydrogens (tertiary/aromatic N) is 4. The summed E-state index contributed by atoms with van der Waals surface area (Å²) in [6, 6.07) is 7.06. The Labute approximate surface area is 176 Å². The second-order valence-electron chi connectivity index (χ2n) is 8.91. The lowest BCUT2D eigenvalue weighted by atomic mass is 10.0. The van der Waals surface area contributed by atoms with Crippen LogP contribution < -0.4 is 5.73 Å². The van der Waals surface area contributed by atoms with Crippen LogP contribution in [-0.4, -0.2) is 69.8 Å². The van der Waals surface area contributed by atoms with Gasteiger partial charge in [-0.05, 0) is 43.4 Å². The molecule has 30 heavy (non-hydrogen) atoms. The van der Waals surface area contributed by atoms with Gasteiger partial charge in [0.2, 0.25) is 11.8 Å². The lowest BCUT2D eigenvalue weighted by Crippen LogP contribution is -2.57. The second kappa shape index (κ2) is 7.97. The summed E-state index contributed by atoms with van der Waals surface area (Å²) in [5.41, 5.74) is 7.02. The van der Waals surface area contributed by atoms with Crippen LogP contribution in [0.15, 0.2) is 24.3 Å². The van der Waals surface area contributed by atoms with Gasteiger partial charge in [-0.15, -0.1) is 0 Å². The molecule has 2 amide bonds. The number of amides is 2. The molecule has 3 saturated heterocycles. The van der Waals surface area contributed by atoms with E-state index in [9.17, 15) is 19.2 Å². The topological polar surface area (TPSA) is 93.7 Å². The fourth-order valence-electron chi connectivity index (χ4n) is 5.19. The predicted octanol–water partition coefficient (Wildman–Crippen LogP) is 1.09. The fourth-order valence-corrected chi connectivity index (χ4v) is 5.19. The highest BCUT2D eigenvalue weighted by molar-refractivity contribution is 5.86. The zero-order valence-corrected chi connectivity index (χ0v) is 17.4. The maximum absolute atomic E-state index is 13.5. The Morgan fingerprint density at radius 2 is 2.13 bits per heavy atom. The monoisotopic (exact) mass is 413 g/mol. The Morgan fingerprint density at radius 1 is 1.37 bits per heavy atom. The molecule has 0 aromatic heterocycles. The maximum Gasteiger partial charge on any atom is 0.242 e. The van der Waals surface area contributed by atoms with Gasteiger partial charge in [0, 0.05) is 31.7 Å². The smallest absolute Gasteiger partial charge is 0.242 e. The molecule has 0 radical (unpaired) electrons. The molecular weight excluding hydrogens is 385 g/mol. The van der Waals surface area contributed by atoms with Crippen molar-refractivity contribution < 1.29 is 14.0 Å². The van der Waals surface area contributed by atoms with Crippen LogP contribution in [0.3, 0.4) is 0 Å². The van der Waals surface area contributed by atoms with Crippen molar-refractivity contribution in [1.29, 1.82) is 5.26 Å². The van der Waals surface area contributed by atoms with E-state index in [1.54, 1.807) is 15.9 Å². The quantitative estimate of drug-likeness (QED) is 0.780. The Morgan fingerprint density at radius 3 is 2.80 bits per heavy atom. The number of carbonyl (C=O) groups excluding carboxylic acids is 2. The first kappa shape index (κ1) is 20.8. The zero-order chi connectivity index (χ0) is 21.6. The average molecular weight is 413 g/mol. The van der Waals surface area contributed by atoms with Crippen molar-refractivity contribution in [3.8, 4) is 6.07 Å². The van der Waals surface area contributed by atoms with E-state index in [-0.39, 0.29) is 41.7 Å². The van der Waals surface area contributed by atoms with Gasteiger partial charge in [-0.25, -0.2) is 4.39 Å². The number of hydrogen-bond donors (Lipinski definition) is 1. The molecule has 0 aliphatic carbocycles. The summed E-state index contributed by atoms with van der Waals surface area (Å²) < 4.78 is 13.5. The molecule has 6 atom stereocenters. The number of halogens is 1. The minimum Gasteiger partial charge on any atom is -0.333 e. The van der Waals surface area contributed by atoms with Crippen LogP contribution in [-0.2, 0) is 16.1 Å². The lowest BCUT2D eigenvalue weighted by Gasteiger charge is -2.36. The van der Waals surface area contributed by atoms with Gasteiger partial charge in [0.15, 0.2) is 0 Å². The van der Waals surface area contributed by atoms with Crippen LogP contribution in [0.1, 0.15) is 32.3 Å². The minimum atomic E-state index is -0.766. The Bertz CT molecular complexity index is 887. The van der Waals surface area contributed by atoms with Crippen molar-refractivity contribution >= 4 is 11.8 Å².